The average molecular weight is 649 g/mol. The van der Waals surface area contributed by atoms with E-state index >= 15 is 0 Å². The number of hydrogen-bond donors (Lipinski definition) is 0. The fourth-order valence-electron chi connectivity index (χ4n) is 4.59. The van der Waals surface area contributed by atoms with Gasteiger partial charge in [-0.05, 0) is 53.4 Å². The molecule has 7 nitrogen and oxygen atoms in total. The molecule has 0 saturated carbocycles. The van der Waals surface area contributed by atoms with E-state index in [4.69, 9.17) is 18.9 Å². The van der Waals surface area contributed by atoms with Gasteiger partial charge in [0.25, 0.3) is 0 Å². The fourth-order valence-corrected chi connectivity index (χ4v) is 4.59. The van der Waals surface area contributed by atoms with Gasteiger partial charge >= 0.3 is 11.9 Å². The maximum atomic E-state index is 13.2. The molecule has 0 heterocycles. The smallest absolute Gasteiger partial charge is 0.333 e. The van der Waals surface area contributed by atoms with Gasteiger partial charge in [0.1, 0.15) is 11.5 Å². The number of carbonyl (C=O) groups excluding carboxylic acids is 3. The molecule has 0 saturated heterocycles. The molecule has 0 aromatic heterocycles. The van der Waals surface area contributed by atoms with Gasteiger partial charge in [0.15, 0.2) is 5.78 Å². The van der Waals surface area contributed by atoms with E-state index in [0.717, 1.165) is 33.8 Å². The molecule has 4 aromatic carbocycles. The Morgan fingerprint density at radius 3 is 1.25 bits per heavy atom. The molecule has 0 aliphatic rings. The first-order valence-corrected chi connectivity index (χ1v) is 16.2. The van der Waals surface area contributed by atoms with Gasteiger partial charge in [0.05, 0.1) is 32.3 Å². The Bertz CT molecular complexity index is 1670. The normalized spacial score (nSPS) is 12.1. The van der Waals surface area contributed by atoms with Crippen molar-refractivity contribution in [3.05, 3.63) is 120 Å². The van der Waals surface area contributed by atoms with Crippen molar-refractivity contribution < 1.29 is 33.3 Å². The number of esters is 2. The molecule has 0 bridgehead atoms. The number of hydrogen-bond acceptors (Lipinski definition) is 7. The molecule has 0 radical (unpaired) electrons. The lowest BCUT2D eigenvalue weighted by Gasteiger charge is -2.14. The number of carbonyl (C=O) groups is 3. The highest BCUT2D eigenvalue weighted by Gasteiger charge is 2.13. The van der Waals surface area contributed by atoms with Crippen LogP contribution in [-0.4, -0.2) is 44.1 Å². The number of ketones is 1. The van der Waals surface area contributed by atoms with Crippen LogP contribution in [-0.2, 0) is 19.1 Å². The summed E-state index contributed by atoms with van der Waals surface area (Å²) in [7, 11) is 0. The maximum Gasteiger partial charge on any atom is 0.333 e. The molecule has 4 aromatic rings. The van der Waals surface area contributed by atoms with Gasteiger partial charge in [0.2, 0.25) is 0 Å². The molecule has 2 unspecified atom stereocenters. The lowest BCUT2D eigenvalue weighted by Crippen LogP contribution is -2.20. The summed E-state index contributed by atoms with van der Waals surface area (Å²) >= 11 is 0. The first-order valence-electron chi connectivity index (χ1n) is 16.2. The van der Waals surface area contributed by atoms with Crippen LogP contribution in [0.4, 0.5) is 0 Å². The molecule has 0 aliphatic carbocycles. The summed E-state index contributed by atoms with van der Waals surface area (Å²) in [4.78, 5) is 36.5. The third-order valence-corrected chi connectivity index (χ3v) is 7.57. The van der Waals surface area contributed by atoms with Crippen molar-refractivity contribution >= 4 is 17.7 Å². The topological polar surface area (TPSA) is 88.1 Å². The van der Waals surface area contributed by atoms with E-state index in [9.17, 15) is 14.4 Å². The second-order valence-electron chi connectivity index (χ2n) is 12.5. The highest BCUT2D eigenvalue weighted by atomic mass is 16.5. The summed E-state index contributed by atoms with van der Waals surface area (Å²) < 4.78 is 22.2. The SMILES string of the molecule is C=C(C)C(=O)OCC(C)COc1ccc(-c2ccc(C(=O)c3ccc(-c4ccc(OCC(C)COC(=O)C(C)C)cc4)cc3)cc2)cc1. The molecule has 0 spiro atoms. The van der Waals surface area contributed by atoms with Crippen molar-refractivity contribution in [1.29, 1.82) is 0 Å². The van der Waals surface area contributed by atoms with Crippen LogP contribution in [0.2, 0.25) is 0 Å². The second kappa shape index (κ2) is 17.1. The number of ether oxygens (including phenoxy) is 4. The van der Waals surface area contributed by atoms with Crippen molar-refractivity contribution in [1.82, 2.24) is 0 Å². The van der Waals surface area contributed by atoms with Gasteiger partial charge in [-0.1, -0.05) is 107 Å². The van der Waals surface area contributed by atoms with Gasteiger partial charge in [-0.3, -0.25) is 9.59 Å². The molecule has 0 N–H and O–H groups in total. The molecule has 0 aliphatic heterocycles. The number of benzene rings is 4. The lowest BCUT2D eigenvalue weighted by atomic mass is 9.97. The average Bonchev–Trinajstić information content (AvgIpc) is 3.11. The van der Waals surface area contributed by atoms with Gasteiger partial charge in [-0.15, -0.1) is 0 Å². The summed E-state index contributed by atoms with van der Waals surface area (Å²) in [6.07, 6.45) is 0. The summed E-state index contributed by atoms with van der Waals surface area (Å²) in [5, 5.41) is 0. The predicted molar refractivity (Wildman–Crippen MR) is 188 cm³/mol. The van der Waals surface area contributed by atoms with Gasteiger partial charge in [-0.25, -0.2) is 4.79 Å². The van der Waals surface area contributed by atoms with Gasteiger partial charge in [-0.2, -0.15) is 0 Å². The van der Waals surface area contributed by atoms with Crippen LogP contribution in [0.3, 0.4) is 0 Å². The monoisotopic (exact) mass is 648 g/mol. The maximum absolute atomic E-state index is 13.2. The van der Waals surface area contributed by atoms with Crippen molar-refractivity contribution in [2.75, 3.05) is 26.4 Å². The Morgan fingerprint density at radius 2 is 0.896 bits per heavy atom. The quantitative estimate of drug-likeness (QED) is 0.0683. The zero-order valence-corrected chi connectivity index (χ0v) is 28.4. The molecule has 250 valence electrons. The zero-order valence-electron chi connectivity index (χ0n) is 28.4. The summed E-state index contributed by atoms with van der Waals surface area (Å²) in [5.74, 6) is 0.801. The standard InChI is InChI=1S/C41H44O7/c1-27(2)40(43)47-25-29(5)23-45-37-19-15-33(16-20-37)31-7-11-35(12-8-31)39(42)36-13-9-32(10-14-36)34-17-21-38(22-18-34)46-24-30(6)26-48-41(44)28(3)4/h7-22,28-30H,1,23-26H2,2-6H3. The van der Waals surface area contributed by atoms with Crippen LogP contribution < -0.4 is 9.47 Å². The van der Waals surface area contributed by atoms with Crippen molar-refractivity contribution in [3.8, 4) is 33.8 Å². The van der Waals surface area contributed by atoms with Crippen LogP contribution in [0.15, 0.2) is 109 Å². The van der Waals surface area contributed by atoms with E-state index in [-0.39, 0.29) is 36.1 Å². The highest BCUT2D eigenvalue weighted by molar-refractivity contribution is 6.09. The molecular weight excluding hydrogens is 604 g/mol. The van der Waals surface area contributed by atoms with Crippen molar-refractivity contribution in [2.45, 2.75) is 34.6 Å². The number of rotatable bonds is 16. The Hall–Kier alpha value is -5.17. The lowest BCUT2D eigenvalue weighted by molar-refractivity contribution is -0.148. The second-order valence-corrected chi connectivity index (χ2v) is 12.5. The summed E-state index contributed by atoms with van der Waals surface area (Å²) in [5.41, 5.74) is 5.61. The van der Waals surface area contributed by atoms with E-state index in [1.165, 1.54) is 0 Å². The molecule has 0 fully saturated rings. The highest BCUT2D eigenvalue weighted by Crippen LogP contribution is 2.26. The van der Waals surface area contributed by atoms with E-state index in [1.807, 2.05) is 125 Å². The Labute approximate surface area is 283 Å². The first kappa shape index (κ1) is 35.7. The summed E-state index contributed by atoms with van der Waals surface area (Å²) in [6.45, 7) is 14.2. The molecule has 4 rings (SSSR count). The van der Waals surface area contributed by atoms with Crippen LogP contribution >= 0.6 is 0 Å². The third-order valence-electron chi connectivity index (χ3n) is 7.57. The molecule has 2 atom stereocenters. The fraction of sp³-hybridized carbons (Fsp3) is 0.293. The van der Waals surface area contributed by atoms with E-state index in [1.54, 1.807) is 6.92 Å². The molecule has 7 heteroatoms. The minimum atomic E-state index is -0.395. The van der Waals surface area contributed by atoms with E-state index < -0.39 is 5.97 Å². The zero-order chi connectivity index (χ0) is 34.6. The Kier molecular flexibility index (Phi) is 12.7. The minimum Gasteiger partial charge on any atom is -0.493 e. The van der Waals surface area contributed by atoms with Crippen LogP contribution in [0.25, 0.3) is 22.3 Å². The minimum absolute atomic E-state index is 0.0387. The first-order chi connectivity index (χ1) is 23.0. The Morgan fingerprint density at radius 1 is 0.542 bits per heavy atom. The van der Waals surface area contributed by atoms with Gasteiger partial charge < -0.3 is 18.9 Å². The third kappa shape index (κ3) is 10.4. The largest absolute Gasteiger partial charge is 0.493 e. The van der Waals surface area contributed by atoms with Crippen LogP contribution in [0.1, 0.15) is 50.5 Å². The molecule has 0 amide bonds. The summed E-state index contributed by atoms with van der Waals surface area (Å²) in [6, 6.07) is 30.7. The Balaban J connectivity index is 1.27. The molecule has 48 heavy (non-hydrogen) atoms. The van der Waals surface area contributed by atoms with E-state index in [0.29, 0.717) is 36.5 Å². The van der Waals surface area contributed by atoms with Gasteiger partial charge in [0, 0.05) is 28.5 Å². The molecular formula is C41H44O7. The van der Waals surface area contributed by atoms with Crippen molar-refractivity contribution in [2.24, 2.45) is 17.8 Å². The predicted octanol–water partition coefficient (Wildman–Crippen LogP) is 8.60. The van der Waals surface area contributed by atoms with Crippen LogP contribution in [0, 0.1) is 17.8 Å². The van der Waals surface area contributed by atoms with E-state index in [2.05, 4.69) is 6.58 Å². The van der Waals surface area contributed by atoms with Crippen molar-refractivity contribution in [3.63, 3.8) is 0 Å². The van der Waals surface area contributed by atoms with Crippen LogP contribution in [0.5, 0.6) is 11.5 Å².